The van der Waals surface area contributed by atoms with Crippen LogP contribution in [0.15, 0.2) is 10.5 Å². The molecule has 0 aromatic carbocycles. The quantitative estimate of drug-likeness (QED) is 0.837. The Bertz CT molecular complexity index is 407. The van der Waals surface area contributed by atoms with Crippen molar-refractivity contribution in [1.82, 2.24) is 5.32 Å². The number of piperidine rings is 1. The summed E-state index contributed by atoms with van der Waals surface area (Å²) in [4.78, 5) is 10.8. The SMILES string of the molecule is Cc1cc(COCC2CCCNC2)oc1C(=O)O. The van der Waals surface area contributed by atoms with Crippen molar-refractivity contribution in [1.29, 1.82) is 0 Å². The molecular weight excluding hydrogens is 234 g/mol. The Kier molecular flexibility index (Phi) is 4.38. The summed E-state index contributed by atoms with van der Waals surface area (Å²) in [5.74, 6) is 0.102. The van der Waals surface area contributed by atoms with E-state index >= 15 is 0 Å². The van der Waals surface area contributed by atoms with E-state index in [1.54, 1.807) is 13.0 Å². The summed E-state index contributed by atoms with van der Waals surface area (Å²) in [6, 6.07) is 1.72. The number of carboxylic acid groups (broad SMARTS) is 1. The first kappa shape index (κ1) is 13.1. The molecule has 2 N–H and O–H groups in total. The van der Waals surface area contributed by atoms with Crippen molar-refractivity contribution in [3.63, 3.8) is 0 Å². The molecule has 1 atom stereocenters. The normalized spacial score (nSPS) is 19.9. The molecule has 0 spiro atoms. The van der Waals surface area contributed by atoms with Crippen molar-refractivity contribution in [3.8, 4) is 0 Å². The maximum atomic E-state index is 10.8. The average Bonchev–Trinajstić information content (AvgIpc) is 2.72. The van der Waals surface area contributed by atoms with Crippen LogP contribution in [0.2, 0.25) is 0 Å². The van der Waals surface area contributed by atoms with Crippen LogP contribution in [-0.4, -0.2) is 30.8 Å². The molecule has 0 bridgehead atoms. The number of aryl methyl sites for hydroxylation is 1. The monoisotopic (exact) mass is 253 g/mol. The number of hydrogen-bond acceptors (Lipinski definition) is 4. The number of aromatic carboxylic acids is 1. The highest BCUT2D eigenvalue weighted by molar-refractivity contribution is 5.86. The Morgan fingerprint density at radius 2 is 2.50 bits per heavy atom. The second-order valence-electron chi connectivity index (χ2n) is 4.76. The summed E-state index contributed by atoms with van der Waals surface area (Å²) in [5.41, 5.74) is 0.639. The second-order valence-corrected chi connectivity index (χ2v) is 4.76. The van der Waals surface area contributed by atoms with Gasteiger partial charge in [0.25, 0.3) is 0 Å². The first-order valence-corrected chi connectivity index (χ1v) is 6.28. The number of rotatable bonds is 5. The Balaban J connectivity index is 1.79. The van der Waals surface area contributed by atoms with E-state index in [9.17, 15) is 4.79 Å². The molecule has 1 aromatic heterocycles. The molecule has 18 heavy (non-hydrogen) atoms. The van der Waals surface area contributed by atoms with Gasteiger partial charge in [-0.05, 0) is 38.3 Å². The fraction of sp³-hybridized carbons (Fsp3) is 0.615. The highest BCUT2D eigenvalue weighted by atomic mass is 16.5. The number of hydrogen-bond donors (Lipinski definition) is 2. The van der Waals surface area contributed by atoms with Crippen LogP contribution >= 0.6 is 0 Å². The van der Waals surface area contributed by atoms with Gasteiger partial charge < -0.3 is 19.6 Å². The average molecular weight is 253 g/mol. The van der Waals surface area contributed by atoms with Gasteiger partial charge in [0.1, 0.15) is 12.4 Å². The van der Waals surface area contributed by atoms with Crippen molar-refractivity contribution in [2.75, 3.05) is 19.7 Å². The molecule has 1 aliphatic rings. The van der Waals surface area contributed by atoms with Gasteiger partial charge in [-0.25, -0.2) is 4.79 Å². The van der Waals surface area contributed by atoms with Gasteiger partial charge in [0.05, 0.1) is 6.61 Å². The van der Waals surface area contributed by atoms with Gasteiger partial charge in [-0.3, -0.25) is 0 Å². The highest BCUT2D eigenvalue weighted by Gasteiger charge is 2.16. The summed E-state index contributed by atoms with van der Waals surface area (Å²) in [5, 5.41) is 12.2. The summed E-state index contributed by atoms with van der Waals surface area (Å²) < 4.78 is 10.8. The molecule has 2 rings (SSSR count). The molecule has 1 unspecified atom stereocenters. The number of carboxylic acids is 1. The number of ether oxygens (including phenoxy) is 1. The predicted octanol–water partition coefficient (Wildman–Crippen LogP) is 1.80. The molecule has 100 valence electrons. The third-order valence-corrected chi connectivity index (χ3v) is 3.16. The molecule has 5 heteroatoms. The van der Waals surface area contributed by atoms with E-state index in [1.807, 2.05) is 0 Å². The molecule has 0 amide bonds. The lowest BCUT2D eigenvalue weighted by molar-refractivity contribution is 0.0598. The van der Waals surface area contributed by atoms with Gasteiger partial charge in [0.2, 0.25) is 5.76 Å². The van der Waals surface area contributed by atoms with Gasteiger partial charge in [-0.15, -0.1) is 0 Å². The largest absolute Gasteiger partial charge is 0.475 e. The summed E-state index contributed by atoms with van der Waals surface area (Å²) in [7, 11) is 0. The van der Waals surface area contributed by atoms with Crippen molar-refractivity contribution in [2.45, 2.75) is 26.4 Å². The highest BCUT2D eigenvalue weighted by Crippen LogP contribution is 2.16. The molecule has 0 saturated carbocycles. The first-order chi connectivity index (χ1) is 8.66. The standard InChI is InChI=1S/C13H19NO4/c1-9-5-11(18-12(9)13(15)16)8-17-7-10-3-2-4-14-6-10/h5,10,14H,2-4,6-8H2,1H3,(H,15,16). The van der Waals surface area contributed by atoms with Crippen LogP contribution in [0.25, 0.3) is 0 Å². The molecule has 1 aromatic rings. The van der Waals surface area contributed by atoms with E-state index in [0.29, 0.717) is 30.5 Å². The molecule has 0 aliphatic carbocycles. The summed E-state index contributed by atoms with van der Waals surface area (Å²) in [6.07, 6.45) is 2.38. The number of carbonyl (C=O) groups is 1. The first-order valence-electron chi connectivity index (χ1n) is 6.28. The van der Waals surface area contributed by atoms with Gasteiger partial charge >= 0.3 is 5.97 Å². The number of furan rings is 1. The van der Waals surface area contributed by atoms with Crippen LogP contribution in [0.3, 0.4) is 0 Å². The maximum Gasteiger partial charge on any atom is 0.372 e. The Morgan fingerprint density at radius 1 is 1.67 bits per heavy atom. The fourth-order valence-corrected chi connectivity index (χ4v) is 2.22. The van der Waals surface area contributed by atoms with Crippen molar-refractivity contribution >= 4 is 5.97 Å². The zero-order chi connectivity index (χ0) is 13.0. The minimum absolute atomic E-state index is 0.00735. The Labute approximate surface area is 106 Å². The van der Waals surface area contributed by atoms with E-state index in [0.717, 1.165) is 13.1 Å². The van der Waals surface area contributed by atoms with Gasteiger partial charge in [0.15, 0.2) is 0 Å². The molecule has 2 heterocycles. The van der Waals surface area contributed by atoms with Crippen LogP contribution in [0, 0.1) is 12.8 Å². The third kappa shape index (κ3) is 3.34. The zero-order valence-corrected chi connectivity index (χ0v) is 10.6. The van der Waals surface area contributed by atoms with E-state index in [2.05, 4.69) is 5.32 Å². The van der Waals surface area contributed by atoms with Crippen LogP contribution in [0.5, 0.6) is 0 Å². The Hall–Kier alpha value is -1.33. The van der Waals surface area contributed by atoms with E-state index in [-0.39, 0.29) is 5.76 Å². The lowest BCUT2D eigenvalue weighted by Gasteiger charge is -2.22. The van der Waals surface area contributed by atoms with Crippen molar-refractivity contribution in [3.05, 3.63) is 23.2 Å². The molecule has 0 radical (unpaired) electrons. The Morgan fingerprint density at radius 3 is 3.11 bits per heavy atom. The van der Waals surface area contributed by atoms with Crippen molar-refractivity contribution < 1.29 is 19.1 Å². The van der Waals surface area contributed by atoms with E-state index < -0.39 is 5.97 Å². The van der Waals surface area contributed by atoms with E-state index in [4.69, 9.17) is 14.3 Å². The van der Waals surface area contributed by atoms with Crippen LogP contribution in [0.1, 0.15) is 34.7 Å². The van der Waals surface area contributed by atoms with Crippen LogP contribution in [-0.2, 0) is 11.3 Å². The minimum atomic E-state index is -1.03. The molecule has 5 nitrogen and oxygen atoms in total. The van der Waals surface area contributed by atoms with Gasteiger partial charge in [-0.2, -0.15) is 0 Å². The van der Waals surface area contributed by atoms with Gasteiger partial charge in [0, 0.05) is 12.1 Å². The minimum Gasteiger partial charge on any atom is -0.475 e. The lowest BCUT2D eigenvalue weighted by atomic mass is 10.0. The molecular formula is C13H19NO4. The predicted molar refractivity (Wildman–Crippen MR) is 65.7 cm³/mol. The lowest BCUT2D eigenvalue weighted by Crippen LogP contribution is -2.32. The number of nitrogens with one attached hydrogen (secondary N) is 1. The van der Waals surface area contributed by atoms with Crippen LogP contribution < -0.4 is 5.32 Å². The summed E-state index contributed by atoms with van der Waals surface area (Å²) >= 11 is 0. The van der Waals surface area contributed by atoms with Gasteiger partial charge in [-0.1, -0.05) is 0 Å². The third-order valence-electron chi connectivity index (χ3n) is 3.16. The van der Waals surface area contributed by atoms with E-state index in [1.165, 1.54) is 12.8 Å². The maximum absolute atomic E-state index is 10.8. The molecule has 1 fully saturated rings. The van der Waals surface area contributed by atoms with Crippen LogP contribution in [0.4, 0.5) is 0 Å². The topological polar surface area (TPSA) is 71.7 Å². The fourth-order valence-electron chi connectivity index (χ4n) is 2.22. The summed E-state index contributed by atoms with van der Waals surface area (Å²) in [6.45, 7) is 4.84. The second kappa shape index (κ2) is 6.02. The molecule has 1 aliphatic heterocycles. The van der Waals surface area contributed by atoms with Crippen molar-refractivity contribution in [2.24, 2.45) is 5.92 Å². The molecule has 1 saturated heterocycles. The zero-order valence-electron chi connectivity index (χ0n) is 10.6. The smallest absolute Gasteiger partial charge is 0.372 e.